The first-order valence-electron chi connectivity index (χ1n) is 6.10. The summed E-state index contributed by atoms with van der Waals surface area (Å²) in [6.07, 6.45) is 0.450. The van der Waals surface area contributed by atoms with Gasteiger partial charge in [-0.1, -0.05) is 18.6 Å². The number of benzene rings is 1. The summed E-state index contributed by atoms with van der Waals surface area (Å²) in [7, 11) is 1.56. The summed E-state index contributed by atoms with van der Waals surface area (Å²) >= 11 is 0. The number of carbonyl (C=O) groups excluding carboxylic acids is 1. The highest BCUT2D eigenvalue weighted by Crippen LogP contribution is 2.32. The van der Waals surface area contributed by atoms with E-state index in [0.29, 0.717) is 24.3 Å². The molecule has 1 aromatic carbocycles. The zero-order valence-corrected chi connectivity index (χ0v) is 11.4. The molecule has 0 aromatic heterocycles. The van der Waals surface area contributed by atoms with Gasteiger partial charge in [-0.15, -0.1) is 0 Å². The van der Waals surface area contributed by atoms with Crippen molar-refractivity contribution in [3.8, 4) is 5.75 Å². The highest BCUT2D eigenvalue weighted by Gasteiger charge is 2.38. The number of carbonyl (C=O) groups is 1. The van der Waals surface area contributed by atoms with Gasteiger partial charge in [0.2, 0.25) is 0 Å². The van der Waals surface area contributed by atoms with Gasteiger partial charge in [-0.3, -0.25) is 0 Å². The number of ether oxygens (including phenoxy) is 2. The fourth-order valence-corrected chi connectivity index (χ4v) is 1.88. The molecule has 1 aromatic rings. The maximum atomic E-state index is 12.1. The van der Waals surface area contributed by atoms with E-state index in [1.165, 1.54) is 0 Å². The molecule has 0 bridgehead atoms. The lowest BCUT2D eigenvalue weighted by Gasteiger charge is -2.28. The van der Waals surface area contributed by atoms with Crippen LogP contribution < -0.4 is 10.5 Å². The molecular weight excluding hydrogens is 230 g/mol. The average Bonchev–Trinajstić information content (AvgIpc) is 2.38. The van der Waals surface area contributed by atoms with E-state index in [2.05, 4.69) is 0 Å². The van der Waals surface area contributed by atoms with Gasteiger partial charge in [-0.2, -0.15) is 0 Å². The summed E-state index contributed by atoms with van der Waals surface area (Å²) in [5, 5.41) is 0. The highest BCUT2D eigenvalue weighted by atomic mass is 16.5. The Kier molecular flexibility index (Phi) is 4.73. The van der Waals surface area contributed by atoms with Crippen LogP contribution in [0.2, 0.25) is 0 Å². The Hall–Kier alpha value is -1.55. The molecule has 0 spiro atoms. The quantitative estimate of drug-likeness (QED) is 0.814. The Balaban J connectivity index is 3.30. The van der Waals surface area contributed by atoms with E-state index in [4.69, 9.17) is 15.2 Å². The van der Waals surface area contributed by atoms with Gasteiger partial charge in [-0.05, 0) is 32.4 Å². The third kappa shape index (κ3) is 2.64. The van der Waals surface area contributed by atoms with Crippen LogP contribution in [-0.4, -0.2) is 19.7 Å². The average molecular weight is 251 g/mol. The molecule has 4 heteroatoms. The predicted octanol–water partition coefficient (Wildman–Crippen LogP) is 2.13. The minimum Gasteiger partial charge on any atom is -0.496 e. The fraction of sp³-hybridized carbons (Fsp3) is 0.500. The molecule has 0 saturated heterocycles. The van der Waals surface area contributed by atoms with E-state index in [-0.39, 0.29) is 0 Å². The topological polar surface area (TPSA) is 61.5 Å². The van der Waals surface area contributed by atoms with Crippen LogP contribution in [0.15, 0.2) is 18.2 Å². The third-order valence-electron chi connectivity index (χ3n) is 3.03. The van der Waals surface area contributed by atoms with Crippen molar-refractivity contribution in [1.29, 1.82) is 0 Å². The van der Waals surface area contributed by atoms with E-state index in [1.807, 2.05) is 32.0 Å². The van der Waals surface area contributed by atoms with E-state index < -0.39 is 11.5 Å². The van der Waals surface area contributed by atoms with Gasteiger partial charge in [-0.25, -0.2) is 4.79 Å². The number of rotatable bonds is 5. The van der Waals surface area contributed by atoms with Gasteiger partial charge in [0, 0.05) is 5.56 Å². The second kappa shape index (κ2) is 5.87. The molecule has 0 fully saturated rings. The van der Waals surface area contributed by atoms with Crippen molar-refractivity contribution in [2.45, 2.75) is 32.7 Å². The van der Waals surface area contributed by atoms with Crippen molar-refractivity contribution in [2.24, 2.45) is 5.73 Å². The van der Waals surface area contributed by atoms with Crippen molar-refractivity contribution < 1.29 is 14.3 Å². The third-order valence-corrected chi connectivity index (χ3v) is 3.03. The molecule has 1 rings (SSSR count). The number of methoxy groups -OCH3 is 1. The van der Waals surface area contributed by atoms with Crippen LogP contribution in [0, 0.1) is 6.92 Å². The maximum Gasteiger partial charge on any atom is 0.330 e. The van der Waals surface area contributed by atoms with Crippen LogP contribution in [0.4, 0.5) is 0 Å². The lowest BCUT2D eigenvalue weighted by Crippen LogP contribution is -2.45. The first kappa shape index (κ1) is 14.5. The number of esters is 1. The van der Waals surface area contributed by atoms with Gasteiger partial charge in [0.15, 0.2) is 0 Å². The van der Waals surface area contributed by atoms with Crippen LogP contribution in [0.1, 0.15) is 31.4 Å². The lowest BCUT2D eigenvalue weighted by atomic mass is 9.86. The van der Waals surface area contributed by atoms with Gasteiger partial charge in [0.25, 0.3) is 0 Å². The molecule has 0 saturated carbocycles. The van der Waals surface area contributed by atoms with E-state index in [1.54, 1.807) is 14.0 Å². The molecule has 4 nitrogen and oxygen atoms in total. The number of nitrogens with two attached hydrogens (primary N) is 1. The SMILES string of the molecule is CCOC(=O)C(N)(CC)c1cc(C)ccc1OC. The summed E-state index contributed by atoms with van der Waals surface area (Å²) in [5.41, 5.74) is 6.78. The molecule has 0 radical (unpaired) electrons. The smallest absolute Gasteiger partial charge is 0.330 e. The Morgan fingerprint density at radius 1 is 1.39 bits per heavy atom. The van der Waals surface area contributed by atoms with Gasteiger partial charge >= 0.3 is 5.97 Å². The van der Waals surface area contributed by atoms with Crippen LogP contribution in [-0.2, 0) is 15.1 Å². The van der Waals surface area contributed by atoms with Crippen LogP contribution in [0.5, 0.6) is 5.75 Å². The molecule has 0 aliphatic rings. The standard InChI is InChI=1S/C14H21NO3/c1-5-14(15,13(16)18-6-2)11-9-10(3)7-8-12(11)17-4/h7-9H,5-6,15H2,1-4H3. The van der Waals surface area contributed by atoms with Crippen LogP contribution in [0.25, 0.3) is 0 Å². The molecule has 2 N–H and O–H groups in total. The van der Waals surface area contributed by atoms with Crippen LogP contribution >= 0.6 is 0 Å². The fourth-order valence-electron chi connectivity index (χ4n) is 1.88. The first-order valence-corrected chi connectivity index (χ1v) is 6.10. The Bertz CT molecular complexity index is 431. The van der Waals surface area contributed by atoms with Crippen molar-refractivity contribution >= 4 is 5.97 Å². The minimum absolute atomic E-state index is 0.311. The van der Waals surface area contributed by atoms with Crippen molar-refractivity contribution in [3.05, 3.63) is 29.3 Å². The van der Waals surface area contributed by atoms with E-state index in [9.17, 15) is 4.79 Å². The van der Waals surface area contributed by atoms with Crippen molar-refractivity contribution in [2.75, 3.05) is 13.7 Å². The zero-order valence-electron chi connectivity index (χ0n) is 11.4. The second-order valence-electron chi connectivity index (χ2n) is 4.25. The number of aryl methyl sites for hydroxylation is 1. The van der Waals surface area contributed by atoms with Crippen LogP contribution in [0.3, 0.4) is 0 Å². The predicted molar refractivity (Wildman–Crippen MR) is 70.5 cm³/mol. The molecule has 0 heterocycles. The molecule has 100 valence electrons. The molecular formula is C14H21NO3. The summed E-state index contributed by atoms with van der Waals surface area (Å²) in [5.74, 6) is 0.189. The molecule has 0 aliphatic heterocycles. The molecule has 0 aliphatic carbocycles. The number of hydrogen-bond acceptors (Lipinski definition) is 4. The molecule has 1 unspecified atom stereocenters. The van der Waals surface area contributed by atoms with Gasteiger partial charge in [0.05, 0.1) is 13.7 Å². The van der Waals surface area contributed by atoms with Gasteiger partial charge in [0.1, 0.15) is 11.3 Å². The summed E-state index contributed by atoms with van der Waals surface area (Å²) < 4.78 is 10.4. The lowest BCUT2D eigenvalue weighted by molar-refractivity contribution is -0.150. The Morgan fingerprint density at radius 2 is 2.06 bits per heavy atom. The first-order chi connectivity index (χ1) is 8.49. The number of hydrogen-bond donors (Lipinski definition) is 1. The zero-order chi connectivity index (χ0) is 13.8. The van der Waals surface area contributed by atoms with Gasteiger partial charge < -0.3 is 15.2 Å². The highest BCUT2D eigenvalue weighted by molar-refractivity contribution is 5.83. The monoisotopic (exact) mass is 251 g/mol. The van der Waals surface area contributed by atoms with Crippen molar-refractivity contribution in [3.63, 3.8) is 0 Å². The summed E-state index contributed by atoms with van der Waals surface area (Å²) in [6, 6.07) is 5.62. The molecule has 0 amide bonds. The largest absolute Gasteiger partial charge is 0.496 e. The maximum absolute atomic E-state index is 12.1. The second-order valence-corrected chi connectivity index (χ2v) is 4.25. The van der Waals surface area contributed by atoms with Crippen molar-refractivity contribution in [1.82, 2.24) is 0 Å². The normalized spacial score (nSPS) is 13.8. The van der Waals surface area contributed by atoms with E-state index >= 15 is 0 Å². The summed E-state index contributed by atoms with van der Waals surface area (Å²) in [4.78, 5) is 12.1. The molecule has 1 atom stereocenters. The summed E-state index contributed by atoms with van der Waals surface area (Å²) in [6.45, 7) is 5.89. The molecule has 18 heavy (non-hydrogen) atoms. The Morgan fingerprint density at radius 3 is 2.56 bits per heavy atom. The Labute approximate surface area is 108 Å². The minimum atomic E-state index is -1.16. The van der Waals surface area contributed by atoms with E-state index in [0.717, 1.165) is 5.56 Å².